The standard InChI is InChI=1S/C25H19ClFN5O/c1-15-4-7-18(26)14-20(15)23-24(32-22(31-23)3-2-11-29-32)17-10-12-28-21(13-17)30-25(33)16-5-8-19(27)9-6-16/h2-3,5-15H,4H2,1H3,(H,28,30,33). The summed E-state index contributed by atoms with van der Waals surface area (Å²) in [6.45, 7) is 2.13. The topological polar surface area (TPSA) is 72.2 Å². The van der Waals surface area contributed by atoms with E-state index in [2.05, 4.69) is 22.3 Å². The smallest absolute Gasteiger partial charge is 0.256 e. The number of aromatic nitrogens is 4. The highest BCUT2D eigenvalue weighted by Crippen LogP contribution is 2.38. The number of pyridine rings is 1. The predicted octanol–water partition coefficient (Wildman–Crippen LogP) is 5.73. The van der Waals surface area contributed by atoms with Crippen molar-refractivity contribution in [3.8, 4) is 11.3 Å². The van der Waals surface area contributed by atoms with Crippen LogP contribution in [0.15, 0.2) is 78.1 Å². The minimum atomic E-state index is -0.402. The number of benzene rings is 1. The maximum atomic E-state index is 13.2. The number of hydrogen-bond donors (Lipinski definition) is 1. The first-order valence-corrected chi connectivity index (χ1v) is 10.8. The van der Waals surface area contributed by atoms with Crippen LogP contribution in [0.5, 0.6) is 0 Å². The molecule has 8 heteroatoms. The highest BCUT2D eigenvalue weighted by Gasteiger charge is 2.24. The van der Waals surface area contributed by atoms with Crippen LogP contribution < -0.4 is 5.32 Å². The van der Waals surface area contributed by atoms with Crippen molar-refractivity contribution in [2.45, 2.75) is 13.3 Å². The number of halogens is 2. The first-order chi connectivity index (χ1) is 16.0. The largest absolute Gasteiger partial charge is 0.307 e. The summed E-state index contributed by atoms with van der Waals surface area (Å²) in [7, 11) is 0. The van der Waals surface area contributed by atoms with Gasteiger partial charge >= 0.3 is 0 Å². The minimum absolute atomic E-state index is 0.232. The Hall–Kier alpha value is -3.84. The molecule has 1 aromatic carbocycles. The molecule has 0 aliphatic heterocycles. The van der Waals surface area contributed by atoms with Crippen LogP contribution >= 0.6 is 11.6 Å². The number of carbonyl (C=O) groups is 1. The molecule has 0 fully saturated rings. The molecule has 3 heterocycles. The van der Waals surface area contributed by atoms with Gasteiger partial charge in [-0.3, -0.25) is 4.79 Å². The molecular weight excluding hydrogens is 441 g/mol. The lowest BCUT2D eigenvalue weighted by Gasteiger charge is -2.18. The van der Waals surface area contributed by atoms with Gasteiger partial charge in [-0.2, -0.15) is 5.10 Å². The third-order valence-electron chi connectivity index (χ3n) is 5.54. The zero-order valence-electron chi connectivity index (χ0n) is 17.7. The Kier molecular flexibility index (Phi) is 5.48. The molecule has 164 valence electrons. The van der Waals surface area contributed by atoms with Crippen LogP contribution in [-0.2, 0) is 0 Å². The third kappa shape index (κ3) is 4.15. The van der Waals surface area contributed by atoms with E-state index in [1.165, 1.54) is 24.3 Å². The molecule has 1 unspecified atom stereocenters. The second-order valence-corrected chi connectivity index (χ2v) is 8.26. The Morgan fingerprint density at radius 3 is 2.82 bits per heavy atom. The zero-order chi connectivity index (χ0) is 22.9. The van der Waals surface area contributed by atoms with Crippen LogP contribution in [0.4, 0.5) is 10.2 Å². The molecule has 1 aliphatic carbocycles. The third-order valence-corrected chi connectivity index (χ3v) is 5.80. The van der Waals surface area contributed by atoms with Gasteiger partial charge in [0.15, 0.2) is 5.65 Å². The summed E-state index contributed by atoms with van der Waals surface area (Å²) >= 11 is 6.33. The van der Waals surface area contributed by atoms with Crippen molar-refractivity contribution in [2.24, 2.45) is 5.92 Å². The molecule has 1 N–H and O–H groups in total. The molecule has 0 spiro atoms. The van der Waals surface area contributed by atoms with Crippen molar-refractivity contribution in [3.05, 3.63) is 95.2 Å². The average Bonchev–Trinajstić information content (AvgIpc) is 3.20. The monoisotopic (exact) mass is 459 g/mol. The number of rotatable bonds is 4. The summed E-state index contributed by atoms with van der Waals surface area (Å²) in [6, 6.07) is 12.7. The minimum Gasteiger partial charge on any atom is -0.307 e. The van der Waals surface area contributed by atoms with Crippen LogP contribution in [0.3, 0.4) is 0 Å². The quantitative estimate of drug-likeness (QED) is 0.423. The molecule has 6 nitrogen and oxygen atoms in total. The lowest BCUT2D eigenvalue weighted by atomic mass is 9.89. The Morgan fingerprint density at radius 1 is 1.18 bits per heavy atom. The summed E-state index contributed by atoms with van der Waals surface area (Å²) in [5, 5.41) is 7.96. The SMILES string of the molecule is CC1CC=C(Cl)C=C1c1nc2cccnn2c1-c1ccnc(NC(=O)c2ccc(F)cc2)c1. The Balaban J connectivity index is 1.58. The number of anilines is 1. The molecular formula is C25H19ClFN5O. The van der Waals surface area contributed by atoms with Crippen molar-refractivity contribution in [1.82, 2.24) is 19.6 Å². The van der Waals surface area contributed by atoms with Gasteiger partial charge < -0.3 is 5.32 Å². The molecule has 0 bridgehead atoms. The number of amides is 1. The number of nitrogens with one attached hydrogen (secondary N) is 1. The second-order valence-electron chi connectivity index (χ2n) is 7.82. The molecule has 1 aliphatic rings. The van der Waals surface area contributed by atoms with E-state index in [0.29, 0.717) is 22.1 Å². The number of nitrogens with zero attached hydrogens (tertiary/aromatic N) is 4. The van der Waals surface area contributed by atoms with Crippen LogP contribution in [0.1, 0.15) is 29.4 Å². The Labute approximate surface area is 194 Å². The van der Waals surface area contributed by atoms with Crippen molar-refractivity contribution >= 4 is 34.5 Å². The highest BCUT2D eigenvalue weighted by atomic mass is 35.5. The molecule has 0 saturated carbocycles. The maximum Gasteiger partial charge on any atom is 0.256 e. The first-order valence-electron chi connectivity index (χ1n) is 10.4. The molecule has 33 heavy (non-hydrogen) atoms. The van der Waals surface area contributed by atoms with Crippen LogP contribution in [0.2, 0.25) is 0 Å². The summed E-state index contributed by atoms with van der Waals surface area (Å²) in [4.78, 5) is 21.7. The summed E-state index contributed by atoms with van der Waals surface area (Å²) < 4.78 is 15.0. The van der Waals surface area contributed by atoms with E-state index in [4.69, 9.17) is 16.6 Å². The average molecular weight is 460 g/mol. The number of allylic oxidation sites excluding steroid dienone is 4. The van der Waals surface area contributed by atoms with E-state index in [1.54, 1.807) is 23.0 Å². The van der Waals surface area contributed by atoms with Crippen LogP contribution in [0, 0.1) is 11.7 Å². The fourth-order valence-corrected chi connectivity index (χ4v) is 4.06. The summed E-state index contributed by atoms with van der Waals surface area (Å²) in [5.74, 6) is -0.185. The molecule has 3 aromatic heterocycles. The van der Waals surface area contributed by atoms with Gasteiger partial charge in [-0.15, -0.1) is 0 Å². The van der Waals surface area contributed by atoms with Gasteiger partial charge in [-0.25, -0.2) is 18.9 Å². The Bertz CT molecular complexity index is 1420. The number of carbonyl (C=O) groups excluding carboxylic acids is 1. The number of fused-ring (bicyclic) bond motifs is 1. The molecule has 1 atom stereocenters. The van der Waals surface area contributed by atoms with Crippen LogP contribution in [-0.4, -0.2) is 25.5 Å². The van der Waals surface area contributed by atoms with E-state index >= 15 is 0 Å². The van der Waals surface area contributed by atoms with Gasteiger partial charge in [-0.05, 0) is 72.5 Å². The van der Waals surface area contributed by atoms with Gasteiger partial charge in [0.25, 0.3) is 5.91 Å². The second kappa shape index (κ2) is 8.60. The predicted molar refractivity (Wildman–Crippen MR) is 126 cm³/mol. The molecule has 0 radical (unpaired) electrons. The van der Waals surface area contributed by atoms with E-state index < -0.39 is 5.82 Å². The fourth-order valence-electron chi connectivity index (χ4n) is 3.85. The molecule has 0 saturated heterocycles. The van der Waals surface area contributed by atoms with Gasteiger partial charge in [-0.1, -0.05) is 24.6 Å². The fraction of sp³-hybridized carbons (Fsp3) is 0.120. The Morgan fingerprint density at radius 2 is 2.00 bits per heavy atom. The molecule has 1 amide bonds. The van der Waals surface area contributed by atoms with E-state index in [1.807, 2.05) is 30.4 Å². The number of imidazole rings is 1. The molecule has 4 aromatic rings. The summed E-state index contributed by atoms with van der Waals surface area (Å²) in [6.07, 6.45) is 8.08. The van der Waals surface area contributed by atoms with E-state index in [0.717, 1.165) is 28.9 Å². The van der Waals surface area contributed by atoms with Crippen LogP contribution in [0.25, 0.3) is 22.5 Å². The van der Waals surface area contributed by atoms with E-state index in [-0.39, 0.29) is 11.8 Å². The zero-order valence-corrected chi connectivity index (χ0v) is 18.4. The lowest BCUT2D eigenvalue weighted by molar-refractivity contribution is 0.102. The van der Waals surface area contributed by atoms with Crippen molar-refractivity contribution < 1.29 is 9.18 Å². The van der Waals surface area contributed by atoms with Gasteiger partial charge in [0, 0.05) is 28.6 Å². The van der Waals surface area contributed by atoms with E-state index in [9.17, 15) is 9.18 Å². The first kappa shape index (κ1) is 21.0. The lowest BCUT2D eigenvalue weighted by Crippen LogP contribution is -2.13. The normalized spacial score (nSPS) is 15.8. The van der Waals surface area contributed by atoms with Gasteiger partial charge in [0.1, 0.15) is 17.3 Å². The summed E-state index contributed by atoms with van der Waals surface area (Å²) in [5.41, 5.74) is 4.43. The van der Waals surface area contributed by atoms with Crippen molar-refractivity contribution in [3.63, 3.8) is 0 Å². The maximum absolute atomic E-state index is 13.2. The van der Waals surface area contributed by atoms with Crippen molar-refractivity contribution in [1.29, 1.82) is 0 Å². The molecule has 5 rings (SSSR count). The van der Waals surface area contributed by atoms with Gasteiger partial charge in [0.05, 0.1) is 5.69 Å². The van der Waals surface area contributed by atoms with Gasteiger partial charge in [0.2, 0.25) is 0 Å². The van der Waals surface area contributed by atoms with Crippen molar-refractivity contribution in [2.75, 3.05) is 5.32 Å². The number of hydrogen-bond acceptors (Lipinski definition) is 4. The highest BCUT2D eigenvalue weighted by molar-refractivity contribution is 6.31.